The highest BCUT2D eigenvalue weighted by atomic mass is 32.2. The first-order chi connectivity index (χ1) is 6.76. The van der Waals surface area contributed by atoms with Crippen LogP contribution >= 0.6 is 11.8 Å². The fourth-order valence-corrected chi connectivity index (χ4v) is 2.84. The van der Waals surface area contributed by atoms with E-state index in [1.165, 1.54) is 12.2 Å². The van der Waals surface area contributed by atoms with Gasteiger partial charge in [0.05, 0.1) is 12.7 Å². The van der Waals surface area contributed by atoms with Gasteiger partial charge in [0, 0.05) is 37.8 Å². The molecule has 3 atom stereocenters. The largest absolute Gasteiger partial charge is 0.382 e. The maximum atomic E-state index is 5.28. The fraction of sp³-hybridized carbons (Fsp3) is 1.00. The summed E-state index contributed by atoms with van der Waals surface area (Å²) in [6.45, 7) is 3.84. The standard InChI is InChI=1S/C10H21NO2S/c1-8-4-9(7-14-8)11-5-10(13-3)6-12-2/h8-11H,4-7H2,1-3H3. The van der Waals surface area contributed by atoms with E-state index >= 15 is 0 Å². The van der Waals surface area contributed by atoms with E-state index in [2.05, 4.69) is 12.2 Å². The van der Waals surface area contributed by atoms with E-state index in [-0.39, 0.29) is 6.10 Å². The zero-order valence-corrected chi connectivity index (χ0v) is 10.1. The molecule has 3 nitrogen and oxygen atoms in total. The number of nitrogens with one attached hydrogen (secondary N) is 1. The van der Waals surface area contributed by atoms with Crippen LogP contribution in [-0.2, 0) is 9.47 Å². The molecule has 0 saturated carbocycles. The molecule has 1 rings (SSSR count). The minimum Gasteiger partial charge on any atom is -0.382 e. The van der Waals surface area contributed by atoms with Crippen LogP contribution in [0.4, 0.5) is 0 Å². The van der Waals surface area contributed by atoms with Gasteiger partial charge in [-0.2, -0.15) is 11.8 Å². The Morgan fingerprint density at radius 2 is 2.29 bits per heavy atom. The summed E-state index contributed by atoms with van der Waals surface area (Å²) < 4.78 is 10.3. The van der Waals surface area contributed by atoms with Gasteiger partial charge in [-0.1, -0.05) is 6.92 Å². The molecule has 1 fully saturated rings. The van der Waals surface area contributed by atoms with Gasteiger partial charge in [0.1, 0.15) is 0 Å². The van der Waals surface area contributed by atoms with Crippen LogP contribution in [0.5, 0.6) is 0 Å². The molecule has 4 heteroatoms. The quantitative estimate of drug-likeness (QED) is 0.725. The number of thioether (sulfide) groups is 1. The summed E-state index contributed by atoms with van der Waals surface area (Å²) >= 11 is 2.04. The second-order valence-corrected chi connectivity index (χ2v) is 5.27. The van der Waals surface area contributed by atoms with E-state index in [1.54, 1.807) is 14.2 Å². The lowest BCUT2D eigenvalue weighted by molar-refractivity contribution is 0.0277. The lowest BCUT2D eigenvalue weighted by atomic mass is 10.2. The van der Waals surface area contributed by atoms with Crippen LogP contribution in [0.25, 0.3) is 0 Å². The zero-order valence-electron chi connectivity index (χ0n) is 9.29. The molecule has 0 aromatic heterocycles. The molecule has 1 aliphatic rings. The topological polar surface area (TPSA) is 30.5 Å². The summed E-state index contributed by atoms with van der Waals surface area (Å²) in [6.07, 6.45) is 1.45. The predicted octanol–water partition coefficient (Wildman–Crippen LogP) is 1.13. The van der Waals surface area contributed by atoms with Gasteiger partial charge in [0.2, 0.25) is 0 Å². The van der Waals surface area contributed by atoms with Crippen molar-refractivity contribution >= 4 is 11.8 Å². The highest BCUT2D eigenvalue weighted by Crippen LogP contribution is 2.25. The van der Waals surface area contributed by atoms with Crippen LogP contribution in [0.15, 0.2) is 0 Å². The molecule has 0 radical (unpaired) electrons. The molecule has 0 aromatic rings. The minimum atomic E-state index is 0.181. The molecular weight excluding hydrogens is 198 g/mol. The van der Waals surface area contributed by atoms with E-state index in [0.717, 1.165) is 11.8 Å². The Bertz CT molecular complexity index is 153. The molecule has 0 amide bonds. The van der Waals surface area contributed by atoms with Crippen molar-refractivity contribution in [3.63, 3.8) is 0 Å². The van der Waals surface area contributed by atoms with Crippen LogP contribution in [0.2, 0.25) is 0 Å². The smallest absolute Gasteiger partial charge is 0.0928 e. The highest BCUT2D eigenvalue weighted by molar-refractivity contribution is 8.00. The van der Waals surface area contributed by atoms with Crippen molar-refractivity contribution in [2.24, 2.45) is 0 Å². The molecular formula is C10H21NO2S. The molecule has 3 unspecified atom stereocenters. The van der Waals surface area contributed by atoms with Crippen molar-refractivity contribution in [2.45, 2.75) is 30.7 Å². The Hall–Kier alpha value is 0.230. The Labute approximate surface area is 90.9 Å². The lowest BCUT2D eigenvalue weighted by Gasteiger charge is -2.18. The molecule has 1 N–H and O–H groups in total. The molecule has 0 spiro atoms. The first-order valence-electron chi connectivity index (χ1n) is 5.13. The van der Waals surface area contributed by atoms with Crippen molar-refractivity contribution in [3.05, 3.63) is 0 Å². The Balaban J connectivity index is 2.12. The van der Waals surface area contributed by atoms with Crippen LogP contribution in [-0.4, -0.2) is 50.5 Å². The number of hydrogen-bond donors (Lipinski definition) is 1. The summed E-state index contributed by atoms with van der Waals surface area (Å²) in [5, 5.41) is 4.32. The first kappa shape index (κ1) is 12.3. The number of hydrogen-bond acceptors (Lipinski definition) is 4. The summed E-state index contributed by atoms with van der Waals surface area (Å²) in [6, 6.07) is 0.657. The molecule has 0 aromatic carbocycles. The average Bonchev–Trinajstić information content (AvgIpc) is 2.59. The van der Waals surface area contributed by atoms with Gasteiger partial charge in [-0.05, 0) is 6.42 Å². The first-order valence-corrected chi connectivity index (χ1v) is 6.17. The predicted molar refractivity (Wildman–Crippen MR) is 61.0 cm³/mol. The van der Waals surface area contributed by atoms with Crippen LogP contribution < -0.4 is 5.32 Å². The normalized spacial score (nSPS) is 29.4. The third-order valence-electron chi connectivity index (χ3n) is 2.52. The van der Waals surface area contributed by atoms with Gasteiger partial charge < -0.3 is 14.8 Å². The van der Waals surface area contributed by atoms with Crippen molar-refractivity contribution in [1.82, 2.24) is 5.32 Å². The minimum absolute atomic E-state index is 0.181. The molecule has 1 heterocycles. The van der Waals surface area contributed by atoms with Crippen LogP contribution in [0.1, 0.15) is 13.3 Å². The van der Waals surface area contributed by atoms with Gasteiger partial charge in [-0.25, -0.2) is 0 Å². The van der Waals surface area contributed by atoms with Crippen LogP contribution in [0.3, 0.4) is 0 Å². The van der Waals surface area contributed by atoms with Crippen LogP contribution in [0, 0.1) is 0 Å². The molecule has 0 bridgehead atoms. The van der Waals surface area contributed by atoms with E-state index in [4.69, 9.17) is 9.47 Å². The van der Waals surface area contributed by atoms with E-state index in [9.17, 15) is 0 Å². The summed E-state index contributed by atoms with van der Waals surface area (Å²) in [5.74, 6) is 1.23. The van der Waals surface area contributed by atoms with E-state index < -0.39 is 0 Å². The molecule has 1 saturated heterocycles. The Morgan fingerprint density at radius 3 is 2.79 bits per heavy atom. The van der Waals surface area contributed by atoms with Gasteiger partial charge in [-0.3, -0.25) is 0 Å². The van der Waals surface area contributed by atoms with Crippen molar-refractivity contribution in [1.29, 1.82) is 0 Å². The second-order valence-electron chi connectivity index (χ2n) is 3.80. The number of rotatable bonds is 6. The van der Waals surface area contributed by atoms with E-state index in [0.29, 0.717) is 12.6 Å². The molecule has 84 valence electrons. The van der Waals surface area contributed by atoms with Crippen molar-refractivity contribution < 1.29 is 9.47 Å². The maximum Gasteiger partial charge on any atom is 0.0928 e. The number of ether oxygens (including phenoxy) is 2. The lowest BCUT2D eigenvalue weighted by Crippen LogP contribution is -2.38. The Kier molecular flexibility index (Phi) is 5.86. The average molecular weight is 219 g/mol. The summed E-state index contributed by atoms with van der Waals surface area (Å²) in [5.41, 5.74) is 0. The third kappa shape index (κ3) is 4.17. The summed E-state index contributed by atoms with van der Waals surface area (Å²) in [4.78, 5) is 0. The SMILES string of the molecule is COCC(CNC1CSC(C)C1)OC. The maximum absolute atomic E-state index is 5.28. The number of methoxy groups -OCH3 is 2. The van der Waals surface area contributed by atoms with Gasteiger partial charge >= 0.3 is 0 Å². The van der Waals surface area contributed by atoms with Gasteiger partial charge in [-0.15, -0.1) is 0 Å². The molecule has 14 heavy (non-hydrogen) atoms. The highest BCUT2D eigenvalue weighted by Gasteiger charge is 2.22. The second kappa shape index (κ2) is 6.67. The van der Waals surface area contributed by atoms with Crippen molar-refractivity contribution in [2.75, 3.05) is 33.1 Å². The Morgan fingerprint density at radius 1 is 1.50 bits per heavy atom. The zero-order chi connectivity index (χ0) is 10.4. The molecule has 0 aliphatic carbocycles. The fourth-order valence-electron chi connectivity index (χ4n) is 1.65. The monoisotopic (exact) mass is 219 g/mol. The van der Waals surface area contributed by atoms with Gasteiger partial charge in [0.25, 0.3) is 0 Å². The van der Waals surface area contributed by atoms with Crippen molar-refractivity contribution in [3.8, 4) is 0 Å². The molecule has 1 aliphatic heterocycles. The third-order valence-corrected chi connectivity index (χ3v) is 3.87. The van der Waals surface area contributed by atoms with E-state index in [1.807, 2.05) is 11.8 Å². The van der Waals surface area contributed by atoms with Gasteiger partial charge in [0.15, 0.2) is 0 Å². The summed E-state index contributed by atoms with van der Waals surface area (Å²) in [7, 11) is 3.44.